The van der Waals surface area contributed by atoms with E-state index >= 15 is 0 Å². The lowest BCUT2D eigenvalue weighted by Crippen LogP contribution is -2.38. The van der Waals surface area contributed by atoms with E-state index in [1.54, 1.807) is 12.1 Å². The van der Waals surface area contributed by atoms with Crippen molar-refractivity contribution in [3.8, 4) is 17.0 Å². The summed E-state index contributed by atoms with van der Waals surface area (Å²) >= 11 is 3.80. The molecule has 0 aliphatic heterocycles. The minimum Gasteiger partial charge on any atom is -0.488 e. The van der Waals surface area contributed by atoms with Crippen LogP contribution >= 0.6 is 15.9 Å². The molecule has 1 heterocycles. The van der Waals surface area contributed by atoms with Crippen LogP contribution in [0.2, 0.25) is 0 Å². The highest BCUT2D eigenvalue weighted by Crippen LogP contribution is 2.45. The maximum absolute atomic E-state index is 12.4. The molecule has 7 rings (SSSR count). The standard InChI is InChI=1S/C39H30BrN3O3S/c40-35-26-36-34(25-37(35)46-27-28-14-5-1-6-15-28)38(29-16-13-23-33(24-29)47(41,44)45)42-43(36)39(30-17-7-2-8-18-30,31-19-9-3-10-20-31)32-21-11-4-12-22-32/h1-26H,27H2,(H2,41,44,45). The molecule has 0 saturated heterocycles. The van der Waals surface area contributed by atoms with E-state index < -0.39 is 15.6 Å². The first-order valence-corrected chi connectivity index (χ1v) is 17.4. The summed E-state index contributed by atoms with van der Waals surface area (Å²) in [5, 5.41) is 11.8. The van der Waals surface area contributed by atoms with Crippen molar-refractivity contribution in [2.75, 3.05) is 0 Å². The molecule has 0 atom stereocenters. The summed E-state index contributed by atoms with van der Waals surface area (Å²) < 4.78 is 34.0. The number of hydrogen-bond donors (Lipinski definition) is 1. The van der Waals surface area contributed by atoms with E-state index in [0.29, 0.717) is 23.6 Å². The highest BCUT2D eigenvalue weighted by Gasteiger charge is 2.41. The average Bonchev–Trinajstić information content (AvgIpc) is 3.47. The van der Waals surface area contributed by atoms with Crippen molar-refractivity contribution in [3.05, 3.63) is 184 Å². The number of hydrogen-bond acceptors (Lipinski definition) is 4. The molecular formula is C39H30BrN3O3S. The first kappa shape index (κ1) is 30.6. The summed E-state index contributed by atoms with van der Waals surface area (Å²) in [7, 11) is -3.96. The van der Waals surface area contributed by atoms with Crippen molar-refractivity contribution in [2.45, 2.75) is 17.0 Å². The molecule has 0 amide bonds. The molecule has 47 heavy (non-hydrogen) atoms. The fraction of sp³-hybridized carbons (Fsp3) is 0.0513. The van der Waals surface area contributed by atoms with Crippen LogP contribution in [0.15, 0.2) is 167 Å². The Kier molecular flexibility index (Phi) is 8.24. The molecule has 2 N–H and O–H groups in total. The number of primary sulfonamides is 1. The fourth-order valence-electron chi connectivity index (χ4n) is 6.16. The molecule has 0 aliphatic carbocycles. The molecule has 0 radical (unpaired) electrons. The zero-order valence-electron chi connectivity index (χ0n) is 25.2. The van der Waals surface area contributed by atoms with E-state index in [1.165, 1.54) is 6.07 Å². The predicted molar refractivity (Wildman–Crippen MR) is 190 cm³/mol. The van der Waals surface area contributed by atoms with Crippen LogP contribution in [0.1, 0.15) is 22.3 Å². The van der Waals surface area contributed by atoms with Gasteiger partial charge < -0.3 is 4.74 Å². The van der Waals surface area contributed by atoms with Crippen LogP contribution in [-0.2, 0) is 22.2 Å². The predicted octanol–water partition coefficient (Wildman–Crippen LogP) is 8.53. The fourth-order valence-corrected chi connectivity index (χ4v) is 7.16. The van der Waals surface area contributed by atoms with E-state index in [4.69, 9.17) is 15.0 Å². The number of halogens is 1. The van der Waals surface area contributed by atoms with Crippen molar-refractivity contribution in [3.63, 3.8) is 0 Å². The van der Waals surface area contributed by atoms with Crippen LogP contribution < -0.4 is 9.88 Å². The normalized spacial score (nSPS) is 11.9. The average molecular weight is 701 g/mol. The summed E-state index contributed by atoms with van der Waals surface area (Å²) in [6, 6.07) is 51.4. The van der Waals surface area contributed by atoms with E-state index in [1.807, 2.05) is 108 Å². The van der Waals surface area contributed by atoms with E-state index in [2.05, 4.69) is 52.3 Å². The first-order chi connectivity index (χ1) is 22.9. The Hall–Kier alpha value is -5.02. The second kappa shape index (κ2) is 12.6. The lowest BCUT2D eigenvalue weighted by molar-refractivity contribution is 0.304. The van der Waals surface area contributed by atoms with Crippen molar-refractivity contribution < 1.29 is 13.2 Å². The molecular weight excluding hydrogens is 670 g/mol. The Balaban J connectivity index is 1.57. The SMILES string of the molecule is NS(=O)(=O)c1cccc(-c2nn(C(c3ccccc3)(c3ccccc3)c3ccccc3)c3cc(Br)c(OCc4ccccc4)cc23)c1. The quantitative estimate of drug-likeness (QED) is 0.153. The maximum Gasteiger partial charge on any atom is 0.238 e. The Morgan fingerprint density at radius 2 is 1.21 bits per heavy atom. The number of nitrogens with zero attached hydrogens (tertiary/aromatic N) is 2. The molecule has 0 aliphatic rings. The van der Waals surface area contributed by atoms with Gasteiger partial charge in [-0.3, -0.25) is 0 Å². The van der Waals surface area contributed by atoms with Crippen LogP contribution in [-0.4, -0.2) is 18.2 Å². The van der Waals surface area contributed by atoms with Gasteiger partial charge in [0.15, 0.2) is 0 Å². The monoisotopic (exact) mass is 699 g/mol. The van der Waals surface area contributed by atoms with Gasteiger partial charge in [-0.15, -0.1) is 0 Å². The largest absolute Gasteiger partial charge is 0.488 e. The molecule has 0 saturated carbocycles. The Labute approximate surface area is 282 Å². The Bertz CT molecular complexity index is 2180. The highest BCUT2D eigenvalue weighted by atomic mass is 79.9. The number of rotatable bonds is 9. The smallest absolute Gasteiger partial charge is 0.238 e. The molecule has 6 nitrogen and oxygen atoms in total. The van der Waals surface area contributed by atoms with Gasteiger partial charge in [-0.2, -0.15) is 5.10 Å². The number of nitrogens with two attached hydrogens (primary N) is 1. The van der Waals surface area contributed by atoms with Gasteiger partial charge in [0, 0.05) is 10.9 Å². The van der Waals surface area contributed by atoms with Crippen LogP contribution in [0.5, 0.6) is 5.75 Å². The van der Waals surface area contributed by atoms with Crippen molar-refractivity contribution in [1.82, 2.24) is 9.78 Å². The molecule has 8 heteroatoms. The van der Waals surface area contributed by atoms with Crippen molar-refractivity contribution in [1.29, 1.82) is 0 Å². The number of fused-ring (bicyclic) bond motifs is 1. The first-order valence-electron chi connectivity index (χ1n) is 15.0. The zero-order chi connectivity index (χ0) is 32.4. The molecule has 6 aromatic carbocycles. The van der Waals surface area contributed by atoms with E-state index in [0.717, 1.165) is 37.6 Å². The summed E-state index contributed by atoms with van der Waals surface area (Å²) in [5.74, 6) is 0.634. The van der Waals surface area contributed by atoms with Crippen LogP contribution in [0.4, 0.5) is 0 Å². The van der Waals surface area contributed by atoms with E-state index in [9.17, 15) is 8.42 Å². The second-order valence-electron chi connectivity index (χ2n) is 11.2. The van der Waals surface area contributed by atoms with Gasteiger partial charge in [0.25, 0.3) is 0 Å². The third-order valence-electron chi connectivity index (χ3n) is 8.30. The maximum atomic E-state index is 12.4. The Morgan fingerprint density at radius 1 is 0.681 bits per heavy atom. The molecule has 0 unspecified atom stereocenters. The zero-order valence-corrected chi connectivity index (χ0v) is 27.6. The lowest BCUT2D eigenvalue weighted by atomic mass is 9.77. The third-order valence-corrected chi connectivity index (χ3v) is 9.83. The van der Waals surface area contributed by atoms with Gasteiger partial charge in [-0.05, 0) is 62.4 Å². The van der Waals surface area contributed by atoms with Gasteiger partial charge in [0.2, 0.25) is 10.0 Å². The Morgan fingerprint density at radius 3 is 1.74 bits per heavy atom. The van der Waals surface area contributed by atoms with Gasteiger partial charge in [-0.1, -0.05) is 133 Å². The summed E-state index contributed by atoms with van der Waals surface area (Å²) in [6.07, 6.45) is 0. The molecule has 0 fully saturated rings. The number of ether oxygens (including phenoxy) is 1. The molecule has 0 spiro atoms. The van der Waals surface area contributed by atoms with Gasteiger partial charge in [0.05, 0.1) is 14.9 Å². The minimum atomic E-state index is -3.96. The van der Waals surface area contributed by atoms with Gasteiger partial charge >= 0.3 is 0 Å². The van der Waals surface area contributed by atoms with Crippen LogP contribution in [0.25, 0.3) is 22.2 Å². The number of aromatic nitrogens is 2. The molecule has 7 aromatic rings. The minimum absolute atomic E-state index is 0.0100. The van der Waals surface area contributed by atoms with Crippen LogP contribution in [0, 0.1) is 0 Å². The third kappa shape index (κ3) is 5.76. The van der Waals surface area contributed by atoms with E-state index in [-0.39, 0.29) is 4.90 Å². The lowest BCUT2D eigenvalue weighted by Gasteiger charge is -2.37. The van der Waals surface area contributed by atoms with Gasteiger partial charge in [0.1, 0.15) is 23.6 Å². The van der Waals surface area contributed by atoms with Crippen molar-refractivity contribution >= 4 is 36.9 Å². The molecule has 0 bridgehead atoms. The second-order valence-corrected chi connectivity index (χ2v) is 13.6. The topological polar surface area (TPSA) is 87.2 Å². The van der Waals surface area contributed by atoms with Crippen molar-refractivity contribution in [2.24, 2.45) is 5.14 Å². The molecule has 1 aromatic heterocycles. The van der Waals surface area contributed by atoms with Gasteiger partial charge in [-0.25, -0.2) is 18.2 Å². The van der Waals surface area contributed by atoms with Crippen LogP contribution in [0.3, 0.4) is 0 Å². The molecule has 232 valence electrons. The summed E-state index contributed by atoms with van der Waals surface area (Å²) in [6.45, 7) is 0.372. The summed E-state index contributed by atoms with van der Waals surface area (Å²) in [5.41, 5.74) is 5.16. The number of sulfonamides is 1. The summed E-state index contributed by atoms with van der Waals surface area (Å²) in [4.78, 5) is 0.0100. The number of benzene rings is 6. The highest BCUT2D eigenvalue weighted by molar-refractivity contribution is 9.10.